The Morgan fingerprint density at radius 1 is 1.03 bits per heavy atom. The molecule has 0 aliphatic carbocycles. The summed E-state index contributed by atoms with van der Waals surface area (Å²) in [4.78, 5) is 17.9. The number of carbonyl (C=O) groups excluding carboxylic acids is 1. The topological polar surface area (TPSA) is 81.4 Å². The molecule has 1 aliphatic heterocycles. The lowest BCUT2D eigenvalue weighted by Gasteiger charge is -2.14. The van der Waals surface area contributed by atoms with Crippen LogP contribution < -0.4 is 10.1 Å². The Kier molecular flexibility index (Phi) is 5.82. The van der Waals surface area contributed by atoms with Crippen molar-refractivity contribution in [3.63, 3.8) is 0 Å². The van der Waals surface area contributed by atoms with E-state index in [1.165, 1.54) is 36.4 Å². The van der Waals surface area contributed by atoms with E-state index in [0.717, 1.165) is 5.69 Å². The highest BCUT2D eigenvalue weighted by atomic mass is 19.1. The Hall–Kier alpha value is -4.40. The van der Waals surface area contributed by atoms with E-state index in [2.05, 4.69) is 15.5 Å². The normalized spacial score (nSPS) is 14.4. The molecule has 0 bridgehead atoms. The fourth-order valence-electron chi connectivity index (χ4n) is 4.13. The van der Waals surface area contributed by atoms with Gasteiger partial charge >= 0.3 is 0 Å². The molecule has 3 aromatic carbocycles. The number of aliphatic imine (C=N–C) groups is 1. The zero-order chi connectivity index (χ0) is 24.5. The minimum Gasteiger partial charge on any atom is -0.497 e. The number of hydrogen-bond acceptors (Lipinski definition) is 5. The van der Waals surface area contributed by atoms with Crippen LogP contribution in [-0.2, 0) is 4.79 Å². The molecule has 4 aromatic rings. The van der Waals surface area contributed by atoms with Gasteiger partial charge in [0.25, 0.3) is 0 Å². The summed E-state index contributed by atoms with van der Waals surface area (Å²) in [5.41, 5.74) is 2.96. The number of carbonyl (C=O) groups is 1. The lowest BCUT2D eigenvalue weighted by Crippen LogP contribution is -2.17. The molecule has 9 heteroatoms. The largest absolute Gasteiger partial charge is 0.497 e. The second kappa shape index (κ2) is 9.09. The molecular formula is C26H21F2N5O2. The van der Waals surface area contributed by atoms with Gasteiger partial charge in [-0.05, 0) is 61.5 Å². The van der Waals surface area contributed by atoms with Crippen LogP contribution in [0.3, 0.4) is 0 Å². The van der Waals surface area contributed by atoms with Crippen molar-refractivity contribution in [1.29, 1.82) is 0 Å². The van der Waals surface area contributed by atoms with Gasteiger partial charge in [0.05, 0.1) is 24.9 Å². The van der Waals surface area contributed by atoms with Crippen molar-refractivity contribution in [2.45, 2.75) is 19.4 Å². The molecule has 35 heavy (non-hydrogen) atoms. The quantitative estimate of drug-likeness (QED) is 0.452. The third-order valence-electron chi connectivity index (χ3n) is 5.74. The van der Waals surface area contributed by atoms with Crippen molar-refractivity contribution >= 4 is 17.3 Å². The summed E-state index contributed by atoms with van der Waals surface area (Å²) in [6.07, 6.45) is -0.0561. The molecule has 1 atom stereocenters. The van der Waals surface area contributed by atoms with E-state index in [0.29, 0.717) is 39.9 Å². The molecule has 2 heterocycles. The van der Waals surface area contributed by atoms with E-state index in [4.69, 9.17) is 9.73 Å². The number of anilines is 1. The number of benzene rings is 3. The van der Waals surface area contributed by atoms with E-state index in [9.17, 15) is 13.6 Å². The van der Waals surface area contributed by atoms with Crippen LogP contribution in [0.1, 0.15) is 35.2 Å². The second-order valence-corrected chi connectivity index (χ2v) is 8.09. The van der Waals surface area contributed by atoms with Crippen LogP contribution in [0.15, 0.2) is 71.7 Å². The summed E-state index contributed by atoms with van der Waals surface area (Å²) < 4.78 is 34.7. The number of rotatable bonds is 5. The van der Waals surface area contributed by atoms with Gasteiger partial charge in [0.2, 0.25) is 5.91 Å². The van der Waals surface area contributed by atoms with Crippen molar-refractivity contribution in [1.82, 2.24) is 14.8 Å². The van der Waals surface area contributed by atoms with Gasteiger partial charge in [-0.1, -0.05) is 12.1 Å². The number of aromatic nitrogens is 3. The number of fused-ring (bicyclic) bond motifs is 3. The van der Waals surface area contributed by atoms with Crippen LogP contribution >= 0.6 is 0 Å². The van der Waals surface area contributed by atoms with E-state index >= 15 is 0 Å². The van der Waals surface area contributed by atoms with Gasteiger partial charge in [-0.2, -0.15) is 0 Å². The predicted octanol–water partition coefficient (Wildman–Crippen LogP) is 4.78. The van der Waals surface area contributed by atoms with Crippen LogP contribution in [0.25, 0.3) is 5.69 Å². The van der Waals surface area contributed by atoms with Crippen LogP contribution in [0.4, 0.5) is 14.5 Å². The van der Waals surface area contributed by atoms with Gasteiger partial charge in [-0.15, -0.1) is 10.2 Å². The first-order chi connectivity index (χ1) is 16.9. The van der Waals surface area contributed by atoms with Crippen molar-refractivity contribution in [2.24, 2.45) is 4.99 Å². The number of amides is 1. The molecule has 0 fully saturated rings. The molecule has 1 aromatic heterocycles. The lowest BCUT2D eigenvalue weighted by atomic mass is 9.99. The molecule has 0 unspecified atom stereocenters. The molecule has 0 saturated carbocycles. The maximum absolute atomic E-state index is 14.2. The smallest absolute Gasteiger partial charge is 0.227 e. The van der Waals surface area contributed by atoms with Crippen LogP contribution in [-0.4, -0.2) is 33.5 Å². The minimum atomic E-state index is -0.715. The Balaban J connectivity index is 1.62. The Morgan fingerprint density at radius 2 is 1.83 bits per heavy atom. The van der Waals surface area contributed by atoms with E-state index in [1.54, 1.807) is 19.2 Å². The number of aryl methyl sites for hydroxylation is 1. The molecule has 0 radical (unpaired) electrons. The molecule has 0 saturated heterocycles. The molecule has 1 aliphatic rings. The summed E-state index contributed by atoms with van der Waals surface area (Å²) in [5, 5.41) is 11.3. The molecule has 176 valence electrons. The first kappa shape index (κ1) is 22.4. The maximum atomic E-state index is 14.2. The van der Waals surface area contributed by atoms with Crippen LogP contribution in [0, 0.1) is 18.6 Å². The number of hydrogen-bond donors (Lipinski definition) is 1. The molecule has 5 rings (SSSR count). The number of ether oxygens (including phenoxy) is 1. The number of nitrogens with one attached hydrogen (secondary N) is 1. The maximum Gasteiger partial charge on any atom is 0.227 e. The van der Waals surface area contributed by atoms with Gasteiger partial charge in [0, 0.05) is 16.8 Å². The minimum absolute atomic E-state index is 0.0561. The third-order valence-corrected chi connectivity index (χ3v) is 5.74. The fourth-order valence-corrected chi connectivity index (χ4v) is 4.13. The number of nitrogens with zero attached hydrogens (tertiary/aromatic N) is 4. The van der Waals surface area contributed by atoms with Crippen LogP contribution in [0.5, 0.6) is 5.75 Å². The summed E-state index contributed by atoms with van der Waals surface area (Å²) in [7, 11) is 1.56. The molecule has 1 amide bonds. The zero-order valence-electron chi connectivity index (χ0n) is 19.0. The lowest BCUT2D eigenvalue weighted by molar-refractivity contribution is -0.116. The van der Waals surface area contributed by atoms with Gasteiger partial charge in [0.15, 0.2) is 5.82 Å². The van der Waals surface area contributed by atoms with E-state index in [1.807, 2.05) is 29.7 Å². The average Bonchev–Trinajstić information content (AvgIpc) is 3.17. The number of halogens is 2. The van der Waals surface area contributed by atoms with Gasteiger partial charge in [-0.3, -0.25) is 14.4 Å². The first-order valence-corrected chi connectivity index (χ1v) is 10.9. The second-order valence-electron chi connectivity index (χ2n) is 8.09. The van der Waals surface area contributed by atoms with Crippen molar-refractivity contribution in [3.05, 3.63) is 101 Å². The van der Waals surface area contributed by atoms with Gasteiger partial charge in [-0.25, -0.2) is 8.78 Å². The SMILES string of the molecule is COc1ccc2c(c1)C(c1cccc(F)c1)=N[C@@H](CC(=O)Nc1ccc(F)cc1)c1nnc(C)n1-2. The molecular weight excluding hydrogens is 452 g/mol. The highest BCUT2D eigenvalue weighted by Gasteiger charge is 2.30. The van der Waals surface area contributed by atoms with Gasteiger partial charge in [0.1, 0.15) is 29.3 Å². The monoisotopic (exact) mass is 473 g/mol. The molecule has 1 N–H and O–H groups in total. The van der Waals surface area contributed by atoms with E-state index < -0.39 is 17.7 Å². The first-order valence-electron chi connectivity index (χ1n) is 10.9. The summed E-state index contributed by atoms with van der Waals surface area (Å²) in [6, 6.07) is 16.4. The highest BCUT2D eigenvalue weighted by molar-refractivity contribution is 6.15. The molecule has 0 spiro atoms. The van der Waals surface area contributed by atoms with Crippen molar-refractivity contribution in [2.75, 3.05) is 12.4 Å². The Bertz CT molecular complexity index is 1450. The fraction of sp³-hybridized carbons (Fsp3) is 0.154. The van der Waals surface area contributed by atoms with E-state index in [-0.39, 0.29) is 12.3 Å². The summed E-state index contributed by atoms with van der Waals surface area (Å²) in [5.74, 6) is 0.570. The Morgan fingerprint density at radius 3 is 2.57 bits per heavy atom. The van der Waals surface area contributed by atoms with Crippen LogP contribution in [0.2, 0.25) is 0 Å². The number of methoxy groups -OCH3 is 1. The van der Waals surface area contributed by atoms with Gasteiger partial charge < -0.3 is 10.1 Å². The van der Waals surface area contributed by atoms with Crippen molar-refractivity contribution in [3.8, 4) is 11.4 Å². The highest BCUT2D eigenvalue weighted by Crippen LogP contribution is 2.34. The average molecular weight is 473 g/mol. The third kappa shape index (κ3) is 4.40. The zero-order valence-corrected chi connectivity index (χ0v) is 19.0. The van der Waals surface area contributed by atoms with Crippen molar-refractivity contribution < 1.29 is 18.3 Å². The summed E-state index contributed by atoms with van der Waals surface area (Å²) in [6.45, 7) is 1.81. The Labute approximate surface area is 200 Å². The standard InChI is InChI=1S/C26H21F2N5O2/c1-15-31-32-26-22(14-24(34)29-19-8-6-17(27)7-9-19)30-25(16-4-3-5-18(28)12-16)21-13-20(35-2)10-11-23(21)33(15)26/h3-13,22H,14H2,1-2H3,(H,29,34)/t22-/m0/s1. The molecule has 7 nitrogen and oxygen atoms in total. The predicted molar refractivity (Wildman–Crippen MR) is 127 cm³/mol. The summed E-state index contributed by atoms with van der Waals surface area (Å²) >= 11 is 0.